The van der Waals surface area contributed by atoms with E-state index in [4.69, 9.17) is 4.74 Å². The molecule has 1 heterocycles. The molecule has 0 bridgehead atoms. The van der Waals surface area contributed by atoms with Crippen LogP contribution in [-0.2, 0) is 16.1 Å². The minimum atomic E-state index is -1.56. The van der Waals surface area contributed by atoms with Crippen LogP contribution in [0.2, 0.25) is 0 Å². The molecule has 0 aromatic heterocycles. The van der Waals surface area contributed by atoms with Gasteiger partial charge in [-0.1, -0.05) is 30.3 Å². The van der Waals surface area contributed by atoms with Gasteiger partial charge in [-0.15, -0.1) is 0 Å². The third-order valence-corrected chi connectivity index (χ3v) is 3.56. The lowest BCUT2D eigenvalue weighted by Crippen LogP contribution is -2.48. The number of nitrogens with one attached hydrogen (secondary N) is 1. The summed E-state index contributed by atoms with van der Waals surface area (Å²) in [6.45, 7) is 0.362. The average Bonchev–Trinajstić information content (AvgIpc) is 3.01. The Balaban J connectivity index is 1.73. The van der Waals surface area contributed by atoms with Crippen molar-refractivity contribution in [2.45, 2.75) is 25.4 Å². The molecular weight excluding hydrogens is 287 g/mol. The van der Waals surface area contributed by atoms with Gasteiger partial charge in [0.25, 0.3) is 0 Å². The number of carbonyl (C=O) groups excluding carboxylic acids is 2. The van der Waals surface area contributed by atoms with Gasteiger partial charge in [0.05, 0.1) is 5.94 Å². The second-order valence-corrected chi connectivity index (χ2v) is 5.13. The molecule has 2 amide bonds. The normalized spacial score (nSPS) is 17.2. The van der Waals surface area contributed by atoms with E-state index >= 15 is 0 Å². The zero-order valence-electron chi connectivity index (χ0n) is 12.1. The molecule has 118 valence electrons. The number of ether oxygens (including phenoxy) is 1. The van der Waals surface area contributed by atoms with Crippen molar-refractivity contribution in [2.24, 2.45) is 0 Å². The maximum absolute atomic E-state index is 12.0. The van der Waals surface area contributed by atoms with Crippen molar-refractivity contribution >= 4 is 19.1 Å². The molecule has 0 radical (unpaired) electrons. The minimum Gasteiger partial charge on any atom is -0.445 e. The van der Waals surface area contributed by atoms with E-state index in [0.29, 0.717) is 19.4 Å². The van der Waals surface area contributed by atoms with Gasteiger partial charge in [0.2, 0.25) is 5.91 Å². The molecule has 7 nitrogen and oxygen atoms in total. The summed E-state index contributed by atoms with van der Waals surface area (Å²) in [5, 5.41) is 20.8. The summed E-state index contributed by atoms with van der Waals surface area (Å²) in [4.78, 5) is 24.9. The molecular formula is C14H19BN2O5. The molecule has 2 rings (SSSR count). The number of likely N-dealkylation sites (tertiary alicyclic amines) is 1. The largest absolute Gasteiger partial charge is 0.475 e. The van der Waals surface area contributed by atoms with Crippen LogP contribution in [-0.4, -0.2) is 53.1 Å². The van der Waals surface area contributed by atoms with Crippen LogP contribution in [0, 0.1) is 0 Å². The smallest absolute Gasteiger partial charge is 0.445 e. The topological polar surface area (TPSA) is 99.1 Å². The first-order valence-corrected chi connectivity index (χ1v) is 7.18. The predicted molar refractivity (Wildman–Crippen MR) is 79.6 cm³/mol. The summed E-state index contributed by atoms with van der Waals surface area (Å²) >= 11 is 0. The molecule has 0 spiro atoms. The number of rotatable bonds is 5. The summed E-state index contributed by atoms with van der Waals surface area (Å²) in [5.74, 6) is -0.957. The Labute approximate surface area is 129 Å². The highest BCUT2D eigenvalue weighted by molar-refractivity contribution is 6.43. The molecule has 1 atom stereocenters. The highest BCUT2D eigenvalue weighted by Crippen LogP contribution is 2.17. The van der Waals surface area contributed by atoms with Crippen molar-refractivity contribution in [3.05, 3.63) is 35.9 Å². The molecule has 1 fully saturated rings. The lowest BCUT2D eigenvalue weighted by Gasteiger charge is -2.23. The molecule has 1 saturated heterocycles. The monoisotopic (exact) mass is 306 g/mol. The predicted octanol–water partition coefficient (Wildman–Crippen LogP) is -0.0842. The van der Waals surface area contributed by atoms with Gasteiger partial charge in [0, 0.05) is 6.54 Å². The van der Waals surface area contributed by atoms with Gasteiger partial charge in [0.1, 0.15) is 13.2 Å². The minimum absolute atomic E-state index is 0.128. The fraction of sp³-hybridized carbons (Fsp3) is 0.429. The van der Waals surface area contributed by atoms with Crippen molar-refractivity contribution < 1.29 is 24.4 Å². The Morgan fingerprint density at radius 3 is 2.73 bits per heavy atom. The van der Waals surface area contributed by atoms with E-state index in [1.807, 2.05) is 30.3 Å². The van der Waals surface area contributed by atoms with Crippen LogP contribution in [0.4, 0.5) is 4.79 Å². The Morgan fingerprint density at radius 2 is 2.05 bits per heavy atom. The van der Waals surface area contributed by atoms with Gasteiger partial charge in [-0.3, -0.25) is 4.79 Å². The second-order valence-electron chi connectivity index (χ2n) is 5.13. The lowest BCUT2D eigenvalue weighted by atomic mass is 9.78. The van der Waals surface area contributed by atoms with E-state index < -0.39 is 19.2 Å². The molecule has 0 unspecified atom stereocenters. The van der Waals surface area contributed by atoms with Crippen LogP contribution < -0.4 is 5.32 Å². The number of hydrogen-bond donors (Lipinski definition) is 3. The molecule has 1 aliphatic rings. The van der Waals surface area contributed by atoms with Gasteiger partial charge >= 0.3 is 13.2 Å². The number of amides is 2. The number of alkyl carbamates (subject to hydrolysis) is 1. The third-order valence-electron chi connectivity index (χ3n) is 3.56. The molecule has 1 aliphatic heterocycles. The first kappa shape index (κ1) is 16.3. The zero-order valence-corrected chi connectivity index (χ0v) is 12.1. The zero-order chi connectivity index (χ0) is 15.9. The van der Waals surface area contributed by atoms with E-state index in [9.17, 15) is 19.6 Å². The van der Waals surface area contributed by atoms with Crippen LogP contribution in [0.15, 0.2) is 30.3 Å². The van der Waals surface area contributed by atoms with Gasteiger partial charge < -0.3 is 25.0 Å². The molecule has 1 aromatic rings. The van der Waals surface area contributed by atoms with Crippen molar-refractivity contribution in [3.63, 3.8) is 0 Å². The van der Waals surface area contributed by atoms with E-state index in [1.54, 1.807) is 0 Å². The number of benzene rings is 1. The quantitative estimate of drug-likeness (QED) is 0.661. The summed E-state index contributed by atoms with van der Waals surface area (Å²) in [6, 6.07) is 9.21. The third kappa shape index (κ3) is 4.47. The van der Waals surface area contributed by atoms with Crippen LogP contribution in [0.1, 0.15) is 18.4 Å². The number of carbonyl (C=O) groups is 2. The summed E-state index contributed by atoms with van der Waals surface area (Å²) in [6.07, 6.45) is 0.575. The van der Waals surface area contributed by atoms with Gasteiger partial charge in [-0.25, -0.2) is 4.79 Å². The van der Waals surface area contributed by atoms with Crippen molar-refractivity contribution in [1.29, 1.82) is 0 Å². The summed E-state index contributed by atoms with van der Waals surface area (Å²) < 4.78 is 5.00. The van der Waals surface area contributed by atoms with Crippen LogP contribution in [0.25, 0.3) is 0 Å². The maximum Gasteiger partial charge on any atom is 0.475 e. The Hall–Kier alpha value is -2.06. The first-order chi connectivity index (χ1) is 10.6. The van der Waals surface area contributed by atoms with Crippen LogP contribution >= 0.6 is 0 Å². The van der Waals surface area contributed by atoms with Gasteiger partial charge in [0.15, 0.2) is 0 Å². The molecule has 22 heavy (non-hydrogen) atoms. The number of nitrogens with zero attached hydrogens (tertiary/aromatic N) is 1. The molecule has 0 aliphatic carbocycles. The Kier molecular flexibility index (Phi) is 5.79. The summed E-state index contributed by atoms with van der Waals surface area (Å²) in [7, 11) is -1.56. The summed E-state index contributed by atoms with van der Waals surface area (Å²) in [5.41, 5.74) is 0.854. The van der Waals surface area contributed by atoms with Crippen LogP contribution in [0.5, 0.6) is 0 Å². The van der Waals surface area contributed by atoms with Crippen molar-refractivity contribution in [2.75, 3.05) is 13.1 Å². The van der Waals surface area contributed by atoms with Crippen molar-refractivity contribution in [3.8, 4) is 0 Å². The maximum atomic E-state index is 12.0. The fourth-order valence-corrected chi connectivity index (χ4v) is 2.44. The van der Waals surface area contributed by atoms with Gasteiger partial charge in [-0.05, 0) is 18.4 Å². The van der Waals surface area contributed by atoms with E-state index in [2.05, 4.69) is 5.32 Å². The Bertz CT molecular complexity index is 511. The van der Waals surface area contributed by atoms with Crippen molar-refractivity contribution in [1.82, 2.24) is 10.2 Å². The average molecular weight is 306 g/mol. The highest BCUT2D eigenvalue weighted by atomic mass is 16.5. The molecule has 0 saturated carbocycles. The first-order valence-electron chi connectivity index (χ1n) is 7.18. The SMILES string of the molecule is O=C(NCC(=O)N1CCC[C@H]1B(O)O)OCc1ccccc1. The highest BCUT2D eigenvalue weighted by Gasteiger charge is 2.36. The molecule has 1 aromatic carbocycles. The lowest BCUT2D eigenvalue weighted by molar-refractivity contribution is -0.130. The number of hydrogen-bond acceptors (Lipinski definition) is 5. The van der Waals surface area contributed by atoms with Crippen LogP contribution in [0.3, 0.4) is 0 Å². The molecule has 3 N–H and O–H groups in total. The second kappa shape index (κ2) is 7.81. The van der Waals surface area contributed by atoms with Gasteiger partial charge in [-0.2, -0.15) is 0 Å². The standard InChI is InChI=1S/C14H19BN2O5/c18-13(17-8-4-7-12(17)15(20)21)9-16-14(19)22-10-11-5-2-1-3-6-11/h1-3,5-6,12,20-21H,4,7-10H2,(H,16,19)/t12-/m0/s1. The van der Waals surface area contributed by atoms with E-state index in [1.165, 1.54) is 4.90 Å². The Morgan fingerprint density at radius 1 is 1.32 bits per heavy atom. The van der Waals surface area contributed by atoms with E-state index in [0.717, 1.165) is 5.56 Å². The molecule has 8 heteroatoms. The fourth-order valence-electron chi connectivity index (χ4n) is 2.44. The van der Waals surface area contributed by atoms with E-state index in [-0.39, 0.29) is 19.1 Å².